The summed E-state index contributed by atoms with van der Waals surface area (Å²) in [5, 5.41) is 7.96. The molecule has 0 radical (unpaired) electrons. The van der Waals surface area contributed by atoms with Gasteiger partial charge in [0.15, 0.2) is 11.5 Å². The summed E-state index contributed by atoms with van der Waals surface area (Å²) in [7, 11) is 1.44. The molecule has 0 bridgehead atoms. The highest BCUT2D eigenvalue weighted by Gasteiger charge is 2.12. The summed E-state index contributed by atoms with van der Waals surface area (Å²) in [5.74, 6) is 0.511. The van der Waals surface area contributed by atoms with E-state index in [-0.39, 0.29) is 5.56 Å². The molecule has 2 rings (SSSR count). The standard InChI is InChI=1S/C12H13N3O2/c1-3-10-13-14-11(12(16)15(10)17-2)9-7-5-4-6-8-9/h4-8H,3H2,1-2H3. The number of rotatable bonds is 3. The van der Waals surface area contributed by atoms with Crippen LogP contribution in [-0.4, -0.2) is 22.0 Å². The topological polar surface area (TPSA) is 57.0 Å². The van der Waals surface area contributed by atoms with E-state index in [1.165, 1.54) is 11.8 Å². The first kappa shape index (κ1) is 11.3. The molecule has 0 atom stereocenters. The van der Waals surface area contributed by atoms with Gasteiger partial charge in [-0.3, -0.25) is 4.79 Å². The van der Waals surface area contributed by atoms with Crippen molar-refractivity contribution in [3.63, 3.8) is 0 Å². The van der Waals surface area contributed by atoms with Gasteiger partial charge in [0, 0.05) is 12.0 Å². The van der Waals surface area contributed by atoms with Crippen molar-refractivity contribution in [1.82, 2.24) is 14.9 Å². The van der Waals surface area contributed by atoms with Crippen LogP contribution in [0, 0.1) is 0 Å². The molecule has 0 saturated heterocycles. The molecule has 0 aliphatic heterocycles. The molecule has 0 aliphatic carbocycles. The smallest absolute Gasteiger partial charge is 0.313 e. The van der Waals surface area contributed by atoms with E-state index >= 15 is 0 Å². The summed E-state index contributed by atoms with van der Waals surface area (Å²) in [5.41, 5.74) is 0.744. The van der Waals surface area contributed by atoms with Crippen molar-refractivity contribution < 1.29 is 4.84 Å². The van der Waals surface area contributed by atoms with Crippen molar-refractivity contribution in [2.75, 3.05) is 7.11 Å². The Kier molecular flexibility index (Phi) is 3.18. The maximum Gasteiger partial charge on any atom is 0.313 e. The third-order valence-corrected chi connectivity index (χ3v) is 2.43. The van der Waals surface area contributed by atoms with E-state index in [9.17, 15) is 4.79 Å². The molecule has 1 heterocycles. The average molecular weight is 231 g/mol. The lowest BCUT2D eigenvalue weighted by Crippen LogP contribution is -2.31. The minimum atomic E-state index is -0.287. The molecule has 1 aromatic heterocycles. The molecule has 0 aliphatic rings. The van der Waals surface area contributed by atoms with Crippen LogP contribution in [0.25, 0.3) is 11.3 Å². The van der Waals surface area contributed by atoms with Gasteiger partial charge in [-0.05, 0) is 0 Å². The van der Waals surface area contributed by atoms with E-state index in [0.717, 1.165) is 5.56 Å². The summed E-state index contributed by atoms with van der Waals surface area (Å²) in [6.45, 7) is 1.89. The van der Waals surface area contributed by atoms with Gasteiger partial charge in [-0.15, -0.1) is 14.9 Å². The van der Waals surface area contributed by atoms with Gasteiger partial charge in [-0.25, -0.2) is 0 Å². The maximum atomic E-state index is 12.1. The fourth-order valence-electron chi connectivity index (χ4n) is 1.58. The molecule has 1 aromatic carbocycles. The second kappa shape index (κ2) is 4.78. The van der Waals surface area contributed by atoms with E-state index in [2.05, 4.69) is 10.2 Å². The minimum Gasteiger partial charge on any atom is -0.412 e. The van der Waals surface area contributed by atoms with Gasteiger partial charge in [0.05, 0.1) is 0 Å². The first-order valence-corrected chi connectivity index (χ1v) is 5.36. The van der Waals surface area contributed by atoms with Gasteiger partial charge >= 0.3 is 5.56 Å². The lowest BCUT2D eigenvalue weighted by atomic mass is 10.2. The van der Waals surface area contributed by atoms with Gasteiger partial charge in [0.1, 0.15) is 7.11 Å². The SMILES string of the molecule is CCc1nnc(-c2ccccc2)c(=O)n1OC. The van der Waals surface area contributed by atoms with E-state index in [4.69, 9.17) is 4.84 Å². The number of aryl methyl sites for hydroxylation is 1. The Hall–Kier alpha value is -2.17. The van der Waals surface area contributed by atoms with Crippen LogP contribution < -0.4 is 10.4 Å². The number of hydrogen-bond donors (Lipinski definition) is 0. The van der Waals surface area contributed by atoms with Crippen LogP contribution in [0.3, 0.4) is 0 Å². The third-order valence-electron chi connectivity index (χ3n) is 2.43. The molecule has 5 nitrogen and oxygen atoms in total. The second-order valence-corrected chi connectivity index (χ2v) is 3.47. The van der Waals surface area contributed by atoms with Crippen LogP contribution in [-0.2, 0) is 6.42 Å². The van der Waals surface area contributed by atoms with E-state index < -0.39 is 0 Å². The molecule has 2 aromatic rings. The van der Waals surface area contributed by atoms with E-state index in [1.807, 2.05) is 37.3 Å². The Morgan fingerprint density at radius 3 is 2.53 bits per heavy atom. The highest BCUT2D eigenvalue weighted by molar-refractivity contribution is 5.56. The molecule has 88 valence electrons. The fraction of sp³-hybridized carbons (Fsp3) is 0.250. The monoisotopic (exact) mass is 231 g/mol. The van der Waals surface area contributed by atoms with Crippen molar-refractivity contribution in [3.05, 3.63) is 46.5 Å². The fourth-order valence-corrected chi connectivity index (χ4v) is 1.58. The van der Waals surface area contributed by atoms with Gasteiger partial charge in [-0.2, -0.15) is 0 Å². The van der Waals surface area contributed by atoms with E-state index in [1.54, 1.807) is 0 Å². The van der Waals surface area contributed by atoms with Gasteiger partial charge < -0.3 is 4.84 Å². The molecule has 5 heteroatoms. The second-order valence-electron chi connectivity index (χ2n) is 3.47. The third kappa shape index (κ3) is 2.04. The predicted octanol–water partition coefficient (Wildman–Crippen LogP) is 0.926. The number of nitrogens with zero attached hydrogens (tertiary/aromatic N) is 3. The number of hydrogen-bond acceptors (Lipinski definition) is 4. The van der Waals surface area contributed by atoms with Crippen LogP contribution in [0.1, 0.15) is 12.7 Å². The first-order chi connectivity index (χ1) is 8.27. The van der Waals surface area contributed by atoms with Crippen LogP contribution in [0.5, 0.6) is 0 Å². The average Bonchev–Trinajstić information content (AvgIpc) is 2.39. The predicted molar refractivity (Wildman–Crippen MR) is 63.6 cm³/mol. The van der Waals surface area contributed by atoms with Crippen LogP contribution in [0.4, 0.5) is 0 Å². The van der Waals surface area contributed by atoms with Crippen molar-refractivity contribution in [2.24, 2.45) is 0 Å². The molecule has 0 unspecified atom stereocenters. The van der Waals surface area contributed by atoms with Crippen LogP contribution in [0.2, 0.25) is 0 Å². The van der Waals surface area contributed by atoms with E-state index in [0.29, 0.717) is 17.9 Å². The first-order valence-electron chi connectivity index (χ1n) is 5.36. The zero-order chi connectivity index (χ0) is 12.3. The molecule has 0 fully saturated rings. The lowest BCUT2D eigenvalue weighted by molar-refractivity contribution is 0.143. The van der Waals surface area contributed by atoms with Crippen LogP contribution >= 0.6 is 0 Å². The summed E-state index contributed by atoms with van der Waals surface area (Å²) >= 11 is 0. The highest BCUT2D eigenvalue weighted by Crippen LogP contribution is 2.10. The van der Waals surface area contributed by atoms with Crippen LogP contribution in [0.15, 0.2) is 35.1 Å². The van der Waals surface area contributed by atoms with Crippen molar-refractivity contribution in [2.45, 2.75) is 13.3 Å². The zero-order valence-electron chi connectivity index (χ0n) is 9.75. The summed E-state index contributed by atoms with van der Waals surface area (Å²) in [4.78, 5) is 17.1. The number of aromatic nitrogens is 3. The Morgan fingerprint density at radius 2 is 1.94 bits per heavy atom. The van der Waals surface area contributed by atoms with Gasteiger partial charge in [-0.1, -0.05) is 37.3 Å². The molecule has 0 saturated carbocycles. The highest BCUT2D eigenvalue weighted by atomic mass is 16.7. The summed E-state index contributed by atoms with van der Waals surface area (Å²) in [6, 6.07) is 9.21. The Bertz CT molecular complexity index is 564. The minimum absolute atomic E-state index is 0.287. The van der Waals surface area contributed by atoms with Gasteiger partial charge in [0.2, 0.25) is 0 Å². The number of benzene rings is 1. The quantitative estimate of drug-likeness (QED) is 0.788. The molecule has 17 heavy (non-hydrogen) atoms. The zero-order valence-corrected chi connectivity index (χ0v) is 9.75. The molecular formula is C12H13N3O2. The maximum absolute atomic E-state index is 12.1. The molecule has 0 spiro atoms. The van der Waals surface area contributed by atoms with Crippen molar-refractivity contribution in [1.29, 1.82) is 0 Å². The molecule has 0 N–H and O–H groups in total. The lowest BCUT2D eigenvalue weighted by Gasteiger charge is -2.08. The van der Waals surface area contributed by atoms with Gasteiger partial charge in [0.25, 0.3) is 0 Å². The molecule has 0 amide bonds. The van der Waals surface area contributed by atoms with Crippen molar-refractivity contribution >= 4 is 0 Å². The normalized spacial score (nSPS) is 10.2. The summed E-state index contributed by atoms with van der Waals surface area (Å²) < 4.78 is 1.18. The molecular weight excluding hydrogens is 218 g/mol. The summed E-state index contributed by atoms with van der Waals surface area (Å²) in [6.07, 6.45) is 0.588. The van der Waals surface area contributed by atoms with Crippen molar-refractivity contribution in [3.8, 4) is 11.3 Å². The Labute approximate surface area is 98.6 Å². The Balaban J connectivity index is 2.62. The Morgan fingerprint density at radius 1 is 1.24 bits per heavy atom. The largest absolute Gasteiger partial charge is 0.412 e.